The van der Waals surface area contributed by atoms with Gasteiger partial charge in [-0.2, -0.15) is 10.2 Å². The van der Waals surface area contributed by atoms with Gasteiger partial charge in [-0.05, 0) is 54.1 Å². The number of rotatable bonds is 8. The standard InChI is InChI=1S/C25H22FN5O4/c1-35-20-8-4-18(5-9-20)21-10-12-23(32)30(28-21)15-14-27-25(34)22-11-13-24(33)31(29-22)16-17-2-6-19(26)7-3-17/h2-13H,14-16H2,1H3,(H,27,34). The Morgan fingerprint density at radius 3 is 2.29 bits per heavy atom. The molecule has 4 aromatic rings. The van der Waals surface area contributed by atoms with Crippen molar-refractivity contribution in [2.75, 3.05) is 13.7 Å². The van der Waals surface area contributed by atoms with Crippen LogP contribution in [0.25, 0.3) is 11.3 Å². The summed E-state index contributed by atoms with van der Waals surface area (Å²) in [6.07, 6.45) is 0. The number of nitrogens with one attached hydrogen (secondary N) is 1. The summed E-state index contributed by atoms with van der Waals surface area (Å²) in [4.78, 5) is 36.9. The van der Waals surface area contributed by atoms with Crippen LogP contribution in [0.4, 0.5) is 4.39 Å². The number of aromatic nitrogens is 4. The molecule has 9 nitrogen and oxygen atoms in total. The maximum atomic E-state index is 13.1. The topological polar surface area (TPSA) is 108 Å². The molecule has 0 aliphatic carbocycles. The van der Waals surface area contributed by atoms with Gasteiger partial charge in [0, 0.05) is 24.2 Å². The third-order valence-electron chi connectivity index (χ3n) is 5.21. The van der Waals surface area contributed by atoms with Gasteiger partial charge in [-0.15, -0.1) is 0 Å². The summed E-state index contributed by atoms with van der Waals surface area (Å²) in [5.41, 5.74) is 1.43. The molecule has 0 saturated heterocycles. The Bertz CT molecular complexity index is 1450. The van der Waals surface area contributed by atoms with Gasteiger partial charge < -0.3 is 10.1 Å². The molecule has 0 radical (unpaired) electrons. The van der Waals surface area contributed by atoms with Crippen LogP contribution in [0.5, 0.6) is 5.75 Å². The summed E-state index contributed by atoms with van der Waals surface area (Å²) in [5.74, 6) is -0.176. The number of ether oxygens (including phenoxy) is 1. The number of carbonyl (C=O) groups is 1. The summed E-state index contributed by atoms with van der Waals surface area (Å²) in [5, 5.41) is 11.2. The number of hydrogen-bond acceptors (Lipinski definition) is 6. The lowest BCUT2D eigenvalue weighted by Crippen LogP contribution is -2.34. The van der Waals surface area contributed by atoms with Crippen molar-refractivity contribution in [2.45, 2.75) is 13.1 Å². The first kappa shape index (κ1) is 23.6. The fourth-order valence-corrected chi connectivity index (χ4v) is 3.34. The zero-order valence-electron chi connectivity index (χ0n) is 18.8. The SMILES string of the molecule is COc1ccc(-c2ccc(=O)n(CCNC(=O)c3ccc(=O)n(Cc4ccc(F)cc4)n3)n2)cc1. The summed E-state index contributed by atoms with van der Waals surface area (Å²) < 4.78 is 20.7. The van der Waals surface area contributed by atoms with Gasteiger partial charge in [0.25, 0.3) is 17.0 Å². The van der Waals surface area contributed by atoms with Crippen molar-refractivity contribution in [2.24, 2.45) is 0 Å². The molecule has 2 heterocycles. The van der Waals surface area contributed by atoms with E-state index in [2.05, 4.69) is 15.5 Å². The van der Waals surface area contributed by atoms with E-state index in [9.17, 15) is 18.8 Å². The molecule has 2 aromatic carbocycles. The van der Waals surface area contributed by atoms with Gasteiger partial charge in [0.15, 0.2) is 0 Å². The van der Waals surface area contributed by atoms with E-state index in [1.54, 1.807) is 37.4 Å². The second-order valence-electron chi connectivity index (χ2n) is 7.61. The maximum Gasteiger partial charge on any atom is 0.271 e. The van der Waals surface area contributed by atoms with E-state index in [1.165, 1.54) is 35.0 Å². The van der Waals surface area contributed by atoms with Crippen LogP contribution in [0.1, 0.15) is 16.1 Å². The quantitative estimate of drug-likeness (QED) is 0.418. The molecule has 0 aliphatic rings. The average Bonchev–Trinajstić information content (AvgIpc) is 2.87. The average molecular weight is 475 g/mol. The molecular formula is C25H22FN5O4. The first-order chi connectivity index (χ1) is 16.9. The van der Waals surface area contributed by atoms with Crippen molar-refractivity contribution >= 4 is 5.91 Å². The Kier molecular flexibility index (Phi) is 7.10. The number of carbonyl (C=O) groups excluding carboxylic acids is 1. The highest BCUT2D eigenvalue weighted by Crippen LogP contribution is 2.19. The van der Waals surface area contributed by atoms with Gasteiger partial charge in [0.1, 0.15) is 17.3 Å². The highest BCUT2D eigenvalue weighted by molar-refractivity contribution is 5.91. The minimum Gasteiger partial charge on any atom is -0.497 e. The molecule has 0 saturated carbocycles. The third kappa shape index (κ3) is 5.85. The van der Waals surface area contributed by atoms with E-state index in [1.807, 2.05) is 12.1 Å². The predicted molar refractivity (Wildman–Crippen MR) is 127 cm³/mol. The molecule has 10 heteroatoms. The third-order valence-corrected chi connectivity index (χ3v) is 5.21. The predicted octanol–water partition coefficient (Wildman–Crippen LogP) is 2.09. The lowest BCUT2D eigenvalue weighted by atomic mass is 10.1. The van der Waals surface area contributed by atoms with Gasteiger partial charge >= 0.3 is 0 Å². The van der Waals surface area contributed by atoms with Gasteiger partial charge in [0.2, 0.25) is 0 Å². The number of benzene rings is 2. The van der Waals surface area contributed by atoms with Crippen molar-refractivity contribution in [1.82, 2.24) is 24.9 Å². The molecule has 1 N–H and O–H groups in total. The molecule has 0 aliphatic heterocycles. The van der Waals surface area contributed by atoms with Crippen molar-refractivity contribution < 1.29 is 13.9 Å². The Hall–Kier alpha value is -4.60. The normalized spacial score (nSPS) is 10.7. The maximum absolute atomic E-state index is 13.1. The van der Waals surface area contributed by atoms with E-state index in [4.69, 9.17) is 4.74 Å². The Labute approximate surface area is 199 Å². The first-order valence-electron chi connectivity index (χ1n) is 10.8. The van der Waals surface area contributed by atoms with Crippen LogP contribution in [0, 0.1) is 5.82 Å². The zero-order chi connectivity index (χ0) is 24.8. The highest BCUT2D eigenvalue weighted by Gasteiger charge is 2.11. The van der Waals surface area contributed by atoms with Crippen molar-refractivity contribution in [3.05, 3.63) is 111 Å². The van der Waals surface area contributed by atoms with Crippen LogP contribution in [-0.2, 0) is 13.1 Å². The molecule has 0 atom stereocenters. The minimum absolute atomic E-state index is 0.0407. The van der Waals surface area contributed by atoms with E-state index in [0.717, 1.165) is 10.2 Å². The molecule has 0 bridgehead atoms. The van der Waals surface area contributed by atoms with Crippen LogP contribution in [0.15, 0.2) is 82.4 Å². The summed E-state index contributed by atoms with van der Waals surface area (Å²) in [6.45, 7) is 0.359. The van der Waals surface area contributed by atoms with Crippen molar-refractivity contribution in [1.29, 1.82) is 0 Å². The van der Waals surface area contributed by atoms with E-state index in [0.29, 0.717) is 17.0 Å². The highest BCUT2D eigenvalue weighted by atomic mass is 19.1. The molecule has 178 valence electrons. The first-order valence-corrected chi connectivity index (χ1v) is 10.8. The molecule has 0 unspecified atom stereocenters. The second kappa shape index (κ2) is 10.6. The Morgan fingerprint density at radius 2 is 1.57 bits per heavy atom. The fraction of sp³-hybridized carbons (Fsp3) is 0.160. The summed E-state index contributed by atoms with van der Waals surface area (Å²) in [7, 11) is 1.58. The molecule has 4 rings (SSSR count). The van der Waals surface area contributed by atoms with Gasteiger partial charge in [-0.1, -0.05) is 12.1 Å². The summed E-state index contributed by atoms with van der Waals surface area (Å²) >= 11 is 0. The second-order valence-corrected chi connectivity index (χ2v) is 7.61. The lowest BCUT2D eigenvalue weighted by molar-refractivity contribution is 0.0944. The Morgan fingerprint density at radius 1 is 0.886 bits per heavy atom. The molecule has 0 fully saturated rings. The monoisotopic (exact) mass is 475 g/mol. The van der Waals surface area contributed by atoms with E-state index >= 15 is 0 Å². The van der Waals surface area contributed by atoms with Crippen LogP contribution in [-0.4, -0.2) is 39.1 Å². The molecule has 1 amide bonds. The fourth-order valence-electron chi connectivity index (χ4n) is 3.34. The van der Waals surface area contributed by atoms with Gasteiger partial charge in [0.05, 0.1) is 25.9 Å². The van der Waals surface area contributed by atoms with Gasteiger partial charge in [-0.3, -0.25) is 14.4 Å². The van der Waals surface area contributed by atoms with E-state index < -0.39 is 11.5 Å². The van der Waals surface area contributed by atoms with Crippen LogP contribution in [0.2, 0.25) is 0 Å². The smallest absolute Gasteiger partial charge is 0.271 e. The number of methoxy groups -OCH3 is 1. The Balaban J connectivity index is 1.41. The summed E-state index contributed by atoms with van der Waals surface area (Å²) in [6, 6.07) is 18.6. The zero-order valence-corrected chi connectivity index (χ0v) is 18.8. The van der Waals surface area contributed by atoms with Crippen LogP contribution >= 0.6 is 0 Å². The van der Waals surface area contributed by atoms with Crippen LogP contribution in [0.3, 0.4) is 0 Å². The number of halogens is 1. The number of hydrogen-bond donors (Lipinski definition) is 1. The van der Waals surface area contributed by atoms with E-state index in [-0.39, 0.29) is 36.7 Å². The largest absolute Gasteiger partial charge is 0.497 e. The number of amides is 1. The van der Waals surface area contributed by atoms with Gasteiger partial charge in [-0.25, -0.2) is 13.8 Å². The molecular weight excluding hydrogens is 453 g/mol. The number of nitrogens with zero attached hydrogens (tertiary/aromatic N) is 4. The van der Waals surface area contributed by atoms with Crippen molar-refractivity contribution in [3.8, 4) is 17.0 Å². The molecule has 2 aromatic heterocycles. The minimum atomic E-state index is -0.503. The van der Waals surface area contributed by atoms with Crippen molar-refractivity contribution in [3.63, 3.8) is 0 Å². The lowest BCUT2D eigenvalue weighted by Gasteiger charge is -2.10. The molecule has 35 heavy (non-hydrogen) atoms. The van der Waals surface area contributed by atoms with Crippen LogP contribution < -0.4 is 21.2 Å². The molecule has 0 spiro atoms.